The number of halogens is 2. The van der Waals surface area contributed by atoms with E-state index in [4.69, 9.17) is 5.73 Å². The second-order valence-electron chi connectivity index (χ2n) is 5.98. The number of para-hydroxylation sites is 2. The Hall–Kier alpha value is -3.80. The summed E-state index contributed by atoms with van der Waals surface area (Å²) in [6.45, 7) is 0. The van der Waals surface area contributed by atoms with Crippen molar-refractivity contribution in [1.82, 2.24) is 0 Å². The SMILES string of the molecule is Nc1ccccc1NC(=O)c1ccc(C(=O)C=Cc2cc(F)ccc2F)cc1. The summed E-state index contributed by atoms with van der Waals surface area (Å²) < 4.78 is 26.8. The van der Waals surface area contributed by atoms with Gasteiger partial charge < -0.3 is 11.1 Å². The van der Waals surface area contributed by atoms with Crippen LogP contribution < -0.4 is 11.1 Å². The van der Waals surface area contributed by atoms with Crippen molar-refractivity contribution in [3.63, 3.8) is 0 Å². The Bertz CT molecular complexity index is 1060. The monoisotopic (exact) mass is 378 g/mol. The number of carbonyl (C=O) groups is 2. The molecule has 28 heavy (non-hydrogen) atoms. The Balaban J connectivity index is 1.70. The van der Waals surface area contributed by atoms with Crippen molar-refractivity contribution < 1.29 is 18.4 Å². The first-order valence-corrected chi connectivity index (χ1v) is 8.37. The fraction of sp³-hybridized carbons (Fsp3) is 0. The smallest absolute Gasteiger partial charge is 0.255 e. The van der Waals surface area contributed by atoms with Gasteiger partial charge in [-0.2, -0.15) is 0 Å². The number of nitrogen functional groups attached to an aromatic ring is 1. The van der Waals surface area contributed by atoms with Crippen LogP contribution in [-0.2, 0) is 0 Å². The van der Waals surface area contributed by atoms with Gasteiger partial charge in [-0.25, -0.2) is 8.78 Å². The molecule has 0 aliphatic rings. The van der Waals surface area contributed by atoms with Gasteiger partial charge in [0.15, 0.2) is 5.78 Å². The molecular weight excluding hydrogens is 362 g/mol. The number of anilines is 2. The molecule has 0 radical (unpaired) electrons. The average Bonchev–Trinajstić information content (AvgIpc) is 2.70. The molecule has 3 rings (SSSR count). The molecule has 140 valence electrons. The second-order valence-corrected chi connectivity index (χ2v) is 5.98. The molecule has 0 saturated heterocycles. The first kappa shape index (κ1) is 19.0. The third kappa shape index (κ3) is 4.48. The topological polar surface area (TPSA) is 72.2 Å². The zero-order valence-electron chi connectivity index (χ0n) is 14.7. The average molecular weight is 378 g/mol. The van der Waals surface area contributed by atoms with E-state index in [2.05, 4.69) is 5.32 Å². The van der Waals surface area contributed by atoms with Gasteiger partial charge in [0.2, 0.25) is 0 Å². The highest BCUT2D eigenvalue weighted by Crippen LogP contribution is 2.18. The van der Waals surface area contributed by atoms with Crippen molar-refractivity contribution in [3.8, 4) is 0 Å². The van der Waals surface area contributed by atoms with Crippen LogP contribution in [-0.4, -0.2) is 11.7 Å². The summed E-state index contributed by atoms with van der Waals surface area (Å²) in [5.41, 5.74) is 7.36. The molecular formula is C22H16F2N2O2. The predicted molar refractivity (Wildman–Crippen MR) is 105 cm³/mol. The molecule has 0 fully saturated rings. The summed E-state index contributed by atoms with van der Waals surface area (Å²) in [4.78, 5) is 24.5. The summed E-state index contributed by atoms with van der Waals surface area (Å²) >= 11 is 0. The lowest BCUT2D eigenvalue weighted by molar-refractivity contribution is 0.102. The molecule has 0 spiro atoms. The Kier molecular flexibility index (Phi) is 5.60. The maximum atomic E-state index is 13.6. The number of hydrogen-bond donors (Lipinski definition) is 2. The minimum absolute atomic E-state index is 0.0233. The van der Waals surface area contributed by atoms with E-state index < -0.39 is 17.4 Å². The number of benzene rings is 3. The van der Waals surface area contributed by atoms with E-state index in [0.29, 0.717) is 22.5 Å². The lowest BCUT2D eigenvalue weighted by Crippen LogP contribution is -2.13. The van der Waals surface area contributed by atoms with Gasteiger partial charge in [0.25, 0.3) is 5.91 Å². The van der Waals surface area contributed by atoms with Gasteiger partial charge in [-0.3, -0.25) is 9.59 Å². The van der Waals surface area contributed by atoms with Crippen molar-refractivity contribution >= 4 is 29.1 Å². The number of nitrogens with two attached hydrogens (primary N) is 1. The normalized spacial score (nSPS) is 10.8. The molecule has 4 nitrogen and oxygen atoms in total. The minimum atomic E-state index is -0.627. The van der Waals surface area contributed by atoms with Gasteiger partial charge in [0.1, 0.15) is 11.6 Å². The minimum Gasteiger partial charge on any atom is -0.397 e. The fourth-order valence-electron chi connectivity index (χ4n) is 2.50. The molecule has 0 aromatic heterocycles. The molecule has 0 heterocycles. The molecule has 0 saturated carbocycles. The molecule has 0 unspecified atom stereocenters. The van der Waals surface area contributed by atoms with Gasteiger partial charge in [-0.1, -0.05) is 24.3 Å². The van der Waals surface area contributed by atoms with Crippen LogP contribution in [0.4, 0.5) is 20.2 Å². The molecule has 0 aliphatic heterocycles. The number of hydrogen-bond acceptors (Lipinski definition) is 3. The lowest BCUT2D eigenvalue weighted by Gasteiger charge is -2.08. The van der Waals surface area contributed by atoms with Crippen LogP contribution in [0.15, 0.2) is 72.8 Å². The predicted octanol–water partition coefficient (Wildman–Crippen LogP) is 4.70. The van der Waals surface area contributed by atoms with Gasteiger partial charge >= 0.3 is 0 Å². The van der Waals surface area contributed by atoms with Gasteiger partial charge in [0.05, 0.1) is 11.4 Å². The molecule has 1 amide bonds. The lowest BCUT2D eigenvalue weighted by atomic mass is 10.1. The fourth-order valence-corrected chi connectivity index (χ4v) is 2.50. The number of carbonyl (C=O) groups excluding carboxylic acids is 2. The van der Waals surface area contributed by atoms with E-state index in [1.54, 1.807) is 24.3 Å². The molecule has 3 aromatic rings. The maximum absolute atomic E-state index is 13.6. The zero-order valence-corrected chi connectivity index (χ0v) is 14.7. The van der Waals surface area contributed by atoms with E-state index in [9.17, 15) is 18.4 Å². The van der Waals surface area contributed by atoms with Crippen molar-refractivity contribution in [2.75, 3.05) is 11.1 Å². The van der Waals surface area contributed by atoms with Crippen molar-refractivity contribution in [2.45, 2.75) is 0 Å². The summed E-state index contributed by atoms with van der Waals surface area (Å²) in [6, 6.07) is 15.8. The molecule has 0 atom stereocenters. The summed E-state index contributed by atoms with van der Waals surface area (Å²) in [5.74, 6) is -1.99. The van der Waals surface area contributed by atoms with Crippen LogP contribution in [0.3, 0.4) is 0 Å². The van der Waals surface area contributed by atoms with E-state index in [1.165, 1.54) is 30.3 Å². The highest BCUT2D eigenvalue weighted by Gasteiger charge is 2.09. The van der Waals surface area contributed by atoms with E-state index in [-0.39, 0.29) is 11.5 Å². The van der Waals surface area contributed by atoms with Crippen LogP contribution in [0.2, 0.25) is 0 Å². The summed E-state index contributed by atoms with van der Waals surface area (Å²) in [5, 5.41) is 2.69. The third-order valence-corrected chi connectivity index (χ3v) is 4.01. The quantitative estimate of drug-likeness (QED) is 0.384. The number of nitrogens with one attached hydrogen (secondary N) is 1. The molecule has 3 N–H and O–H groups in total. The second kappa shape index (κ2) is 8.26. The van der Waals surface area contributed by atoms with Crippen molar-refractivity contribution in [3.05, 3.63) is 101 Å². The van der Waals surface area contributed by atoms with Gasteiger partial charge in [0, 0.05) is 16.7 Å². The standard InChI is InChI=1S/C22H16F2N2O2/c23-17-10-11-18(24)16(13-17)9-12-21(27)14-5-7-15(8-6-14)22(28)26-20-4-2-1-3-19(20)25/h1-13H,25H2,(H,26,28). The number of ketones is 1. The van der Waals surface area contributed by atoms with Crippen LogP contribution >= 0.6 is 0 Å². The third-order valence-electron chi connectivity index (χ3n) is 4.01. The zero-order chi connectivity index (χ0) is 20.1. The summed E-state index contributed by atoms with van der Waals surface area (Å²) in [7, 11) is 0. The summed E-state index contributed by atoms with van der Waals surface area (Å²) in [6.07, 6.45) is 2.36. The Morgan fingerprint density at radius 3 is 2.29 bits per heavy atom. The van der Waals surface area contributed by atoms with Crippen molar-refractivity contribution in [1.29, 1.82) is 0 Å². The number of amides is 1. The van der Waals surface area contributed by atoms with Crippen LogP contribution in [0.5, 0.6) is 0 Å². The van der Waals surface area contributed by atoms with Crippen molar-refractivity contribution in [2.24, 2.45) is 0 Å². The maximum Gasteiger partial charge on any atom is 0.255 e. The van der Waals surface area contributed by atoms with E-state index >= 15 is 0 Å². The highest BCUT2D eigenvalue weighted by atomic mass is 19.1. The van der Waals surface area contributed by atoms with Gasteiger partial charge in [-0.05, 0) is 54.6 Å². The Morgan fingerprint density at radius 1 is 0.893 bits per heavy atom. The Morgan fingerprint density at radius 2 is 1.57 bits per heavy atom. The van der Waals surface area contributed by atoms with Crippen LogP contribution in [0.1, 0.15) is 26.3 Å². The number of allylic oxidation sites excluding steroid dienone is 1. The van der Waals surface area contributed by atoms with E-state index in [0.717, 1.165) is 24.3 Å². The highest BCUT2D eigenvalue weighted by molar-refractivity contribution is 6.09. The van der Waals surface area contributed by atoms with Crippen LogP contribution in [0, 0.1) is 11.6 Å². The molecule has 0 aliphatic carbocycles. The molecule has 0 bridgehead atoms. The number of rotatable bonds is 5. The van der Waals surface area contributed by atoms with E-state index in [1.807, 2.05) is 0 Å². The Labute approximate surface area is 160 Å². The molecule has 3 aromatic carbocycles. The molecule has 6 heteroatoms. The van der Waals surface area contributed by atoms with Gasteiger partial charge in [-0.15, -0.1) is 0 Å². The largest absolute Gasteiger partial charge is 0.397 e. The first-order valence-electron chi connectivity index (χ1n) is 8.37. The van der Waals surface area contributed by atoms with Crippen LogP contribution in [0.25, 0.3) is 6.08 Å². The first-order chi connectivity index (χ1) is 13.4.